The minimum Gasteiger partial charge on any atom is -0.444 e. The Kier molecular flexibility index (Phi) is 5.10. The van der Waals surface area contributed by atoms with E-state index < -0.39 is 0 Å². The first-order chi connectivity index (χ1) is 10.1. The molecule has 2 N–H and O–H groups in total. The van der Waals surface area contributed by atoms with E-state index in [1.54, 1.807) is 6.07 Å². The van der Waals surface area contributed by atoms with Gasteiger partial charge in [0, 0.05) is 13.0 Å². The summed E-state index contributed by atoms with van der Waals surface area (Å²) in [4.78, 5) is 28.1. The summed E-state index contributed by atoms with van der Waals surface area (Å²) in [5, 5.41) is 7.24. The first-order valence-electron chi connectivity index (χ1n) is 6.57. The molecular formula is C14H17N3O3S. The largest absolute Gasteiger partial charge is 0.444 e. The zero-order valence-electron chi connectivity index (χ0n) is 11.9. The average Bonchev–Trinajstić information content (AvgIpc) is 3.07. The van der Waals surface area contributed by atoms with Crippen LogP contribution < -0.4 is 10.6 Å². The predicted octanol–water partition coefficient (Wildman–Crippen LogP) is 1.79. The van der Waals surface area contributed by atoms with E-state index in [2.05, 4.69) is 15.6 Å². The molecule has 2 aromatic heterocycles. The Morgan fingerprint density at radius 3 is 2.76 bits per heavy atom. The Bertz CT molecular complexity index is 600. The highest BCUT2D eigenvalue weighted by Gasteiger charge is 2.09. The topological polar surface area (TPSA) is 84.2 Å². The van der Waals surface area contributed by atoms with Crippen molar-refractivity contribution in [1.82, 2.24) is 15.6 Å². The molecule has 6 nitrogen and oxygen atoms in total. The van der Waals surface area contributed by atoms with Crippen molar-refractivity contribution in [3.05, 3.63) is 39.7 Å². The molecule has 0 aliphatic heterocycles. The van der Waals surface area contributed by atoms with E-state index in [0.717, 1.165) is 11.5 Å². The number of carbonyl (C=O) groups excluding carboxylic acids is 2. The highest BCUT2D eigenvalue weighted by molar-refractivity contribution is 7.12. The summed E-state index contributed by atoms with van der Waals surface area (Å²) >= 11 is 1.37. The Morgan fingerprint density at radius 2 is 2.14 bits per heavy atom. The van der Waals surface area contributed by atoms with Crippen LogP contribution in [0.5, 0.6) is 0 Å². The van der Waals surface area contributed by atoms with Crippen LogP contribution in [-0.4, -0.2) is 23.3 Å². The van der Waals surface area contributed by atoms with Gasteiger partial charge in [-0.2, -0.15) is 0 Å². The van der Waals surface area contributed by atoms with Crippen molar-refractivity contribution in [2.45, 2.75) is 26.8 Å². The maximum Gasteiger partial charge on any atom is 0.261 e. The summed E-state index contributed by atoms with van der Waals surface area (Å²) in [5.74, 6) is 0.926. The SMILES string of the molecule is Cc1nc(CNC(=O)CCNC(=O)c2cccs2)oc1C. The standard InChI is InChI=1S/C14H17N3O3S/c1-9-10(2)20-13(17-9)8-16-12(18)5-6-15-14(19)11-4-3-7-21-11/h3-4,7H,5-6,8H2,1-2H3,(H,15,19)(H,16,18). The molecule has 0 aromatic carbocycles. The molecule has 0 aliphatic carbocycles. The van der Waals surface area contributed by atoms with Crippen molar-refractivity contribution >= 4 is 23.2 Å². The summed E-state index contributed by atoms with van der Waals surface area (Å²) in [7, 11) is 0. The lowest BCUT2D eigenvalue weighted by atomic mass is 10.3. The van der Waals surface area contributed by atoms with Gasteiger partial charge in [0.25, 0.3) is 5.91 Å². The number of hydrogen-bond acceptors (Lipinski definition) is 5. The van der Waals surface area contributed by atoms with Crippen molar-refractivity contribution < 1.29 is 14.0 Å². The number of rotatable bonds is 6. The molecule has 2 aromatic rings. The molecule has 0 fully saturated rings. The van der Waals surface area contributed by atoms with Crippen molar-refractivity contribution in [1.29, 1.82) is 0 Å². The number of aryl methyl sites for hydroxylation is 2. The minimum absolute atomic E-state index is 0.156. The fraction of sp³-hybridized carbons (Fsp3) is 0.357. The van der Waals surface area contributed by atoms with Crippen LogP contribution in [0.1, 0.15) is 33.4 Å². The number of hydrogen-bond donors (Lipinski definition) is 2. The summed E-state index contributed by atoms with van der Waals surface area (Å²) < 4.78 is 5.36. The van der Waals surface area contributed by atoms with E-state index in [9.17, 15) is 9.59 Å². The lowest BCUT2D eigenvalue weighted by molar-refractivity contribution is -0.121. The zero-order valence-corrected chi connectivity index (χ0v) is 12.8. The second kappa shape index (κ2) is 7.03. The Labute approximate surface area is 126 Å². The smallest absolute Gasteiger partial charge is 0.261 e. The number of amides is 2. The van der Waals surface area contributed by atoms with Crippen LogP contribution in [0.25, 0.3) is 0 Å². The van der Waals surface area contributed by atoms with Gasteiger partial charge in [-0.3, -0.25) is 9.59 Å². The van der Waals surface area contributed by atoms with Gasteiger partial charge in [-0.25, -0.2) is 4.98 Å². The summed E-state index contributed by atoms with van der Waals surface area (Å²) in [6.07, 6.45) is 0.218. The fourth-order valence-corrected chi connectivity index (χ4v) is 2.30. The molecule has 0 spiro atoms. The highest BCUT2D eigenvalue weighted by atomic mass is 32.1. The molecule has 21 heavy (non-hydrogen) atoms. The van der Waals surface area contributed by atoms with Crippen molar-refractivity contribution in [2.24, 2.45) is 0 Å². The normalized spacial score (nSPS) is 10.4. The van der Waals surface area contributed by atoms with Gasteiger partial charge in [0.1, 0.15) is 5.76 Å². The third-order valence-electron chi connectivity index (χ3n) is 2.89. The fourth-order valence-electron chi connectivity index (χ4n) is 1.66. The van der Waals surface area contributed by atoms with Crippen molar-refractivity contribution in [3.63, 3.8) is 0 Å². The summed E-state index contributed by atoms with van der Waals surface area (Å²) in [5.41, 5.74) is 0.822. The summed E-state index contributed by atoms with van der Waals surface area (Å²) in [6, 6.07) is 3.56. The van der Waals surface area contributed by atoms with Gasteiger partial charge in [0.05, 0.1) is 17.1 Å². The maximum absolute atomic E-state index is 11.6. The zero-order chi connectivity index (χ0) is 15.2. The van der Waals surface area contributed by atoms with Crippen LogP contribution >= 0.6 is 11.3 Å². The molecule has 2 heterocycles. The van der Waals surface area contributed by atoms with Crippen LogP contribution in [0.4, 0.5) is 0 Å². The average molecular weight is 307 g/mol. The third-order valence-corrected chi connectivity index (χ3v) is 3.76. The minimum atomic E-state index is -0.157. The van der Waals surface area contributed by atoms with Gasteiger partial charge in [0.2, 0.25) is 11.8 Å². The van der Waals surface area contributed by atoms with Crippen LogP contribution in [0, 0.1) is 13.8 Å². The third kappa shape index (κ3) is 4.42. The van der Waals surface area contributed by atoms with Crippen molar-refractivity contribution in [3.8, 4) is 0 Å². The van der Waals surface area contributed by atoms with Gasteiger partial charge < -0.3 is 15.1 Å². The van der Waals surface area contributed by atoms with E-state index in [1.807, 2.05) is 25.3 Å². The second-order valence-electron chi connectivity index (χ2n) is 4.51. The molecule has 0 atom stereocenters. The molecule has 0 unspecified atom stereocenters. The van der Waals surface area contributed by atoms with E-state index >= 15 is 0 Å². The molecule has 0 aliphatic rings. The molecule has 2 amide bonds. The molecule has 0 saturated carbocycles. The lowest BCUT2D eigenvalue weighted by Crippen LogP contribution is -2.30. The Hall–Kier alpha value is -2.15. The van der Waals surface area contributed by atoms with Crippen LogP contribution in [0.15, 0.2) is 21.9 Å². The van der Waals surface area contributed by atoms with Crippen molar-refractivity contribution in [2.75, 3.05) is 6.54 Å². The quantitative estimate of drug-likeness (QED) is 0.852. The Balaban J connectivity index is 1.67. The van der Waals surface area contributed by atoms with Crippen LogP contribution in [0.3, 0.4) is 0 Å². The van der Waals surface area contributed by atoms with Crippen LogP contribution in [-0.2, 0) is 11.3 Å². The molecular weight excluding hydrogens is 290 g/mol. The molecule has 0 radical (unpaired) electrons. The number of carbonyl (C=O) groups is 2. The number of nitrogens with zero attached hydrogens (tertiary/aromatic N) is 1. The van der Waals surface area contributed by atoms with Gasteiger partial charge in [-0.05, 0) is 25.3 Å². The molecule has 0 saturated heterocycles. The molecule has 2 rings (SSSR count). The highest BCUT2D eigenvalue weighted by Crippen LogP contribution is 2.08. The van der Waals surface area contributed by atoms with Crippen LogP contribution in [0.2, 0.25) is 0 Å². The number of thiophene rings is 1. The van der Waals surface area contributed by atoms with Gasteiger partial charge in [-0.1, -0.05) is 6.07 Å². The van der Waals surface area contributed by atoms with E-state index in [4.69, 9.17) is 4.42 Å². The number of aromatic nitrogens is 1. The first-order valence-corrected chi connectivity index (χ1v) is 7.45. The van der Waals surface area contributed by atoms with Gasteiger partial charge in [-0.15, -0.1) is 11.3 Å². The number of oxazole rings is 1. The summed E-state index contributed by atoms with van der Waals surface area (Å²) in [6.45, 7) is 4.23. The first kappa shape index (κ1) is 15.2. The monoisotopic (exact) mass is 307 g/mol. The van der Waals surface area contributed by atoms with E-state index in [0.29, 0.717) is 17.3 Å². The van der Waals surface area contributed by atoms with Gasteiger partial charge in [0.15, 0.2) is 0 Å². The van der Waals surface area contributed by atoms with E-state index in [1.165, 1.54) is 11.3 Å². The molecule has 112 valence electrons. The number of nitrogens with one attached hydrogen (secondary N) is 2. The van der Waals surface area contributed by atoms with E-state index in [-0.39, 0.29) is 24.8 Å². The predicted molar refractivity (Wildman–Crippen MR) is 79.1 cm³/mol. The molecule has 0 bridgehead atoms. The lowest BCUT2D eigenvalue weighted by Gasteiger charge is -2.04. The van der Waals surface area contributed by atoms with Gasteiger partial charge >= 0.3 is 0 Å². The maximum atomic E-state index is 11.6. The molecule has 7 heteroatoms. The second-order valence-corrected chi connectivity index (χ2v) is 5.46. The Morgan fingerprint density at radius 1 is 1.33 bits per heavy atom.